The van der Waals surface area contributed by atoms with Crippen molar-refractivity contribution in [1.29, 1.82) is 0 Å². The molecular weight excluding hydrogens is 176 g/mol. The first-order valence-corrected chi connectivity index (χ1v) is 5.77. The molecule has 80 valence electrons. The third-order valence-electron chi connectivity index (χ3n) is 5.03. The summed E-state index contributed by atoms with van der Waals surface area (Å²) in [6.45, 7) is 2.35. The quantitative estimate of drug-likeness (QED) is 0.674. The smallest absolute Gasteiger partial charge is 0.0768 e. The number of ether oxygens (including phenoxy) is 2. The number of hydrogen-bond acceptors (Lipinski definition) is 2. The summed E-state index contributed by atoms with van der Waals surface area (Å²) in [6, 6.07) is 0. The Hall–Kier alpha value is -0.0800. The molecule has 0 unspecified atom stereocenters. The largest absolute Gasteiger partial charge is 0.378 e. The molecular formula is C12H20O2. The van der Waals surface area contributed by atoms with E-state index in [4.69, 9.17) is 9.47 Å². The molecule has 0 amide bonds. The number of methoxy groups -OCH3 is 2. The van der Waals surface area contributed by atoms with Gasteiger partial charge in [-0.3, -0.25) is 0 Å². The molecule has 3 rings (SSSR count). The topological polar surface area (TPSA) is 18.5 Å². The summed E-state index contributed by atoms with van der Waals surface area (Å²) in [4.78, 5) is 0. The van der Waals surface area contributed by atoms with Gasteiger partial charge < -0.3 is 9.47 Å². The summed E-state index contributed by atoms with van der Waals surface area (Å²) in [5.74, 6) is 2.28. The van der Waals surface area contributed by atoms with Crippen molar-refractivity contribution in [2.24, 2.45) is 17.8 Å². The van der Waals surface area contributed by atoms with Gasteiger partial charge in [-0.05, 0) is 37.5 Å². The van der Waals surface area contributed by atoms with E-state index in [1.54, 1.807) is 0 Å². The average Bonchev–Trinajstić information content (AvgIpc) is 2.66. The third kappa shape index (κ3) is 0.849. The lowest BCUT2D eigenvalue weighted by Gasteiger charge is -2.33. The fourth-order valence-corrected chi connectivity index (χ4v) is 4.42. The minimum Gasteiger partial charge on any atom is -0.378 e. The van der Waals surface area contributed by atoms with E-state index < -0.39 is 0 Å². The number of fused-ring (bicyclic) bond motifs is 3. The first-order valence-electron chi connectivity index (χ1n) is 5.77. The fraction of sp³-hybridized carbons (Fsp3) is 1.00. The highest BCUT2D eigenvalue weighted by Crippen LogP contribution is 2.70. The molecule has 0 saturated heterocycles. The van der Waals surface area contributed by atoms with Crippen molar-refractivity contribution in [3.63, 3.8) is 0 Å². The van der Waals surface area contributed by atoms with Crippen molar-refractivity contribution in [3.05, 3.63) is 0 Å². The van der Waals surface area contributed by atoms with Crippen LogP contribution in [-0.2, 0) is 9.47 Å². The molecule has 0 aromatic rings. The van der Waals surface area contributed by atoms with Crippen LogP contribution < -0.4 is 0 Å². The minimum atomic E-state index is 0.179. The predicted octanol–water partition coefficient (Wildman–Crippen LogP) is 2.23. The lowest BCUT2D eigenvalue weighted by Crippen LogP contribution is -2.38. The molecule has 14 heavy (non-hydrogen) atoms. The molecule has 0 N–H and O–H groups in total. The van der Waals surface area contributed by atoms with Crippen molar-refractivity contribution in [3.8, 4) is 0 Å². The molecule has 5 atom stereocenters. The van der Waals surface area contributed by atoms with Gasteiger partial charge in [-0.2, -0.15) is 0 Å². The summed E-state index contributed by atoms with van der Waals surface area (Å²) in [5, 5.41) is 0. The molecule has 0 heterocycles. The van der Waals surface area contributed by atoms with Crippen molar-refractivity contribution in [2.45, 2.75) is 43.8 Å². The summed E-state index contributed by atoms with van der Waals surface area (Å²) in [6.07, 6.45) is 5.08. The lowest BCUT2D eigenvalue weighted by molar-refractivity contribution is -0.0741. The van der Waals surface area contributed by atoms with E-state index >= 15 is 0 Å². The fourth-order valence-electron chi connectivity index (χ4n) is 4.42. The molecule has 2 nitrogen and oxygen atoms in total. The number of rotatable bonds is 2. The SMILES string of the molecule is CO[C@@]12C[C@H](C)C[C@@H]1[C@@]1(OC)C[C@H]1C2. The minimum absolute atomic E-state index is 0.179. The summed E-state index contributed by atoms with van der Waals surface area (Å²) < 4.78 is 11.6. The van der Waals surface area contributed by atoms with Crippen LogP contribution in [0.3, 0.4) is 0 Å². The van der Waals surface area contributed by atoms with Crippen LogP contribution in [0.5, 0.6) is 0 Å². The molecule has 0 spiro atoms. The van der Waals surface area contributed by atoms with E-state index in [0.717, 1.165) is 11.8 Å². The van der Waals surface area contributed by atoms with Crippen LogP contribution in [0.2, 0.25) is 0 Å². The molecule has 3 fully saturated rings. The molecule has 0 bridgehead atoms. The van der Waals surface area contributed by atoms with E-state index in [0.29, 0.717) is 5.92 Å². The second-order valence-electron chi connectivity index (χ2n) is 5.63. The summed E-state index contributed by atoms with van der Waals surface area (Å²) in [7, 11) is 3.77. The molecule has 0 aromatic heterocycles. The van der Waals surface area contributed by atoms with Gasteiger partial charge in [0.2, 0.25) is 0 Å². The van der Waals surface area contributed by atoms with Crippen molar-refractivity contribution >= 4 is 0 Å². The van der Waals surface area contributed by atoms with E-state index in [2.05, 4.69) is 6.92 Å². The third-order valence-corrected chi connectivity index (χ3v) is 5.03. The molecule has 0 radical (unpaired) electrons. The Balaban J connectivity index is 1.93. The van der Waals surface area contributed by atoms with Crippen LogP contribution in [-0.4, -0.2) is 25.4 Å². The van der Waals surface area contributed by atoms with Crippen LogP contribution in [0.25, 0.3) is 0 Å². The van der Waals surface area contributed by atoms with Gasteiger partial charge in [0, 0.05) is 20.1 Å². The maximum atomic E-state index is 5.84. The molecule has 0 aromatic carbocycles. The zero-order valence-corrected chi connectivity index (χ0v) is 9.38. The first-order chi connectivity index (χ1) is 6.67. The van der Waals surface area contributed by atoms with Gasteiger partial charge in [0.1, 0.15) is 0 Å². The second-order valence-corrected chi connectivity index (χ2v) is 5.63. The van der Waals surface area contributed by atoms with Gasteiger partial charge in [-0.15, -0.1) is 0 Å². The molecule has 0 aliphatic heterocycles. The Bertz CT molecular complexity index is 261. The lowest BCUT2D eigenvalue weighted by atomic mass is 9.88. The van der Waals surface area contributed by atoms with Crippen molar-refractivity contribution in [1.82, 2.24) is 0 Å². The Morgan fingerprint density at radius 1 is 1.07 bits per heavy atom. The number of hydrogen-bond donors (Lipinski definition) is 0. The zero-order valence-electron chi connectivity index (χ0n) is 9.38. The van der Waals surface area contributed by atoms with Crippen molar-refractivity contribution in [2.75, 3.05) is 14.2 Å². The molecule has 3 aliphatic rings. The Morgan fingerprint density at radius 2 is 1.86 bits per heavy atom. The maximum absolute atomic E-state index is 5.84. The molecule has 2 heteroatoms. The highest BCUT2D eigenvalue weighted by atomic mass is 16.5. The van der Waals surface area contributed by atoms with E-state index in [1.807, 2.05) is 14.2 Å². The monoisotopic (exact) mass is 196 g/mol. The predicted molar refractivity (Wildman–Crippen MR) is 54.1 cm³/mol. The summed E-state index contributed by atoms with van der Waals surface area (Å²) in [5.41, 5.74) is 0.402. The van der Waals surface area contributed by atoms with Gasteiger partial charge >= 0.3 is 0 Å². The Labute approximate surface area is 86.0 Å². The van der Waals surface area contributed by atoms with Crippen LogP contribution in [0.1, 0.15) is 32.6 Å². The van der Waals surface area contributed by atoms with Crippen LogP contribution in [0, 0.1) is 17.8 Å². The Morgan fingerprint density at radius 3 is 2.50 bits per heavy atom. The zero-order chi connectivity index (χ0) is 9.97. The second kappa shape index (κ2) is 2.53. The standard InChI is InChI=1S/C12H20O2/c1-8-4-10-11(5-8,13-2)6-9-7-12(9,10)14-3/h8-10H,4-7H2,1-3H3/t8-,9-,10+,11-,12-/m1/s1. The van der Waals surface area contributed by atoms with Crippen LogP contribution >= 0.6 is 0 Å². The normalized spacial score (nSPS) is 59.8. The highest BCUT2D eigenvalue weighted by Gasteiger charge is 2.74. The van der Waals surface area contributed by atoms with E-state index in [1.165, 1.54) is 25.7 Å². The van der Waals surface area contributed by atoms with E-state index in [9.17, 15) is 0 Å². The van der Waals surface area contributed by atoms with Gasteiger partial charge in [0.15, 0.2) is 0 Å². The Kier molecular flexibility index (Phi) is 1.66. The van der Waals surface area contributed by atoms with Crippen molar-refractivity contribution < 1.29 is 9.47 Å². The summed E-state index contributed by atoms with van der Waals surface area (Å²) >= 11 is 0. The molecule has 3 aliphatic carbocycles. The van der Waals surface area contributed by atoms with Gasteiger partial charge in [-0.1, -0.05) is 6.92 Å². The van der Waals surface area contributed by atoms with E-state index in [-0.39, 0.29) is 11.2 Å². The van der Waals surface area contributed by atoms with Crippen LogP contribution in [0.15, 0.2) is 0 Å². The van der Waals surface area contributed by atoms with Gasteiger partial charge in [0.05, 0.1) is 11.2 Å². The maximum Gasteiger partial charge on any atom is 0.0768 e. The van der Waals surface area contributed by atoms with Crippen LogP contribution in [0.4, 0.5) is 0 Å². The first kappa shape index (κ1) is 9.17. The highest BCUT2D eigenvalue weighted by molar-refractivity contribution is 5.25. The van der Waals surface area contributed by atoms with Gasteiger partial charge in [0.25, 0.3) is 0 Å². The average molecular weight is 196 g/mol. The van der Waals surface area contributed by atoms with Gasteiger partial charge in [-0.25, -0.2) is 0 Å². The molecule has 3 saturated carbocycles.